The topological polar surface area (TPSA) is 37.3 Å². The molecule has 2 heteroatoms. The summed E-state index contributed by atoms with van der Waals surface area (Å²) in [6, 6.07) is 7.82. The van der Waals surface area contributed by atoms with E-state index in [1.165, 1.54) is 0 Å². The van der Waals surface area contributed by atoms with E-state index in [1.807, 2.05) is 24.3 Å². The summed E-state index contributed by atoms with van der Waals surface area (Å²) in [5, 5.41) is 9.01. The van der Waals surface area contributed by atoms with Crippen molar-refractivity contribution >= 4 is 5.97 Å². The van der Waals surface area contributed by atoms with Crippen molar-refractivity contribution in [1.82, 2.24) is 0 Å². The molecule has 15 heavy (non-hydrogen) atoms. The van der Waals surface area contributed by atoms with E-state index in [0.29, 0.717) is 5.92 Å². The third kappa shape index (κ3) is 2.58. The van der Waals surface area contributed by atoms with Crippen molar-refractivity contribution in [3.05, 3.63) is 35.4 Å². The van der Waals surface area contributed by atoms with Crippen LogP contribution in [0.3, 0.4) is 0 Å². The van der Waals surface area contributed by atoms with Crippen LogP contribution in [0, 0.1) is 0 Å². The standard InChI is InChI=1S/C13H18O2/c1-4-9(2)11-7-5-6-8-12(11)10(3)13(14)15/h5-10H,4H2,1-3H3,(H,14,15). The molecule has 0 bridgehead atoms. The first-order valence-electron chi connectivity index (χ1n) is 5.39. The lowest BCUT2D eigenvalue weighted by molar-refractivity contribution is -0.138. The fourth-order valence-electron chi connectivity index (χ4n) is 1.71. The first-order chi connectivity index (χ1) is 7.07. The number of hydrogen-bond donors (Lipinski definition) is 1. The minimum Gasteiger partial charge on any atom is -0.481 e. The summed E-state index contributed by atoms with van der Waals surface area (Å²) >= 11 is 0. The van der Waals surface area contributed by atoms with Crippen LogP contribution in [-0.2, 0) is 4.79 Å². The van der Waals surface area contributed by atoms with Crippen LogP contribution in [0.1, 0.15) is 50.2 Å². The van der Waals surface area contributed by atoms with E-state index >= 15 is 0 Å². The number of carboxylic acid groups (broad SMARTS) is 1. The average molecular weight is 206 g/mol. The molecule has 0 saturated carbocycles. The number of benzene rings is 1. The van der Waals surface area contributed by atoms with Crippen molar-refractivity contribution in [3.63, 3.8) is 0 Å². The zero-order chi connectivity index (χ0) is 11.4. The Hall–Kier alpha value is -1.31. The van der Waals surface area contributed by atoms with Gasteiger partial charge in [-0.25, -0.2) is 0 Å². The Morgan fingerprint density at radius 3 is 2.27 bits per heavy atom. The largest absolute Gasteiger partial charge is 0.481 e. The predicted octanol–water partition coefficient (Wildman–Crippen LogP) is 3.39. The minimum atomic E-state index is -0.759. The molecule has 82 valence electrons. The second kappa shape index (κ2) is 4.96. The lowest BCUT2D eigenvalue weighted by Crippen LogP contribution is -2.11. The van der Waals surface area contributed by atoms with Gasteiger partial charge in [-0.05, 0) is 30.4 Å². The Morgan fingerprint density at radius 2 is 1.80 bits per heavy atom. The fraction of sp³-hybridized carbons (Fsp3) is 0.462. The van der Waals surface area contributed by atoms with Crippen molar-refractivity contribution in [1.29, 1.82) is 0 Å². The van der Waals surface area contributed by atoms with Gasteiger partial charge in [0.05, 0.1) is 5.92 Å². The van der Waals surface area contributed by atoms with Crippen molar-refractivity contribution < 1.29 is 9.90 Å². The van der Waals surface area contributed by atoms with Crippen LogP contribution in [0.4, 0.5) is 0 Å². The summed E-state index contributed by atoms with van der Waals surface area (Å²) in [6.45, 7) is 5.99. The lowest BCUT2D eigenvalue weighted by atomic mass is 9.88. The number of aliphatic carboxylic acids is 1. The van der Waals surface area contributed by atoms with Gasteiger partial charge in [0.1, 0.15) is 0 Å². The smallest absolute Gasteiger partial charge is 0.310 e. The summed E-state index contributed by atoms with van der Waals surface area (Å²) in [4.78, 5) is 11.0. The van der Waals surface area contributed by atoms with Gasteiger partial charge in [-0.2, -0.15) is 0 Å². The van der Waals surface area contributed by atoms with Crippen LogP contribution in [0.2, 0.25) is 0 Å². The average Bonchev–Trinajstić information content (AvgIpc) is 2.27. The van der Waals surface area contributed by atoms with E-state index < -0.39 is 11.9 Å². The van der Waals surface area contributed by atoms with E-state index in [-0.39, 0.29) is 0 Å². The second-order valence-electron chi connectivity index (χ2n) is 4.00. The highest BCUT2D eigenvalue weighted by Gasteiger charge is 2.18. The summed E-state index contributed by atoms with van der Waals surface area (Å²) in [6.07, 6.45) is 1.03. The third-order valence-corrected chi connectivity index (χ3v) is 2.98. The van der Waals surface area contributed by atoms with Crippen molar-refractivity contribution in [2.24, 2.45) is 0 Å². The quantitative estimate of drug-likeness (QED) is 0.819. The number of carboxylic acids is 1. The van der Waals surface area contributed by atoms with Crippen LogP contribution < -0.4 is 0 Å². The van der Waals surface area contributed by atoms with E-state index in [2.05, 4.69) is 13.8 Å². The maximum Gasteiger partial charge on any atom is 0.310 e. The highest BCUT2D eigenvalue weighted by Crippen LogP contribution is 2.28. The maximum atomic E-state index is 11.0. The molecule has 2 nitrogen and oxygen atoms in total. The van der Waals surface area contributed by atoms with Crippen LogP contribution in [0.25, 0.3) is 0 Å². The van der Waals surface area contributed by atoms with Gasteiger partial charge in [0.15, 0.2) is 0 Å². The SMILES string of the molecule is CCC(C)c1ccccc1C(C)C(=O)O. The lowest BCUT2D eigenvalue weighted by Gasteiger charge is -2.17. The molecule has 1 aromatic carbocycles. The predicted molar refractivity (Wildman–Crippen MR) is 61.2 cm³/mol. The molecule has 0 fully saturated rings. The molecule has 1 rings (SSSR count). The van der Waals surface area contributed by atoms with Gasteiger partial charge in [-0.1, -0.05) is 38.1 Å². The Labute approximate surface area is 90.9 Å². The molecule has 0 spiro atoms. The summed E-state index contributed by atoms with van der Waals surface area (Å²) in [7, 11) is 0. The molecule has 0 amide bonds. The van der Waals surface area contributed by atoms with Gasteiger partial charge < -0.3 is 5.11 Å². The zero-order valence-electron chi connectivity index (χ0n) is 9.53. The van der Waals surface area contributed by atoms with Gasteiger partial charge in [0.2, 0.25) is 0 Å². The molecular formula is C13H18O2. The van der Waals surface area contributed by atoms with Gasteiger partial charge in [-0.3, -0.25) is 4.79 Å². The molecule has 0 aliphatic heterocycles. The first kappa shape index (κ1) is 11.8. The van der Waals surface area contributed by atoms with Crippen LogP contribution in [0.15, 0.2) is 24.3 Å². The van der Waals surface area contributed by atoms with E-state index in [0.717, 1.165) is 17.5 Å². The molecule has 0 saturated heterocycles. The number of hydrogen-bond acceptors (Lipinski definition) is 1. The van der Waals surface area contributed by atoms with Crippen molar-refractivity contribution in [3.8, 4) is 0 Å². The first-order valence-corrected chi connectivity index (χ1v) is 5.39. The molecule has 1 aromatic rings. The molecule has 1 N–H and O–H groups in total. The second-order valence-corrected chi connectivity index (χ2v) is 4.00. The minimum absolute atomic E-state index is 0.419. The molecule has 2 unspecified atom stereocenters. The Kier molecular flexibility index (Phi) is 3.89. The Balaban J connectivity index is 3.11. The summed E-state index contributed by atoms with van der Waals surface area (Å²) in [5.41, 5.74) is 2.11. The molecule has 0 aliphatic rings. The summed E-state index contributed by atoms with van der Waals surface area (Å²) in [5.74, 6) is -0.760. The van der Waals surface area contributed by atoms with Crippen LogP contribution >= 0.6 is 0 Å². The normalized spacial score (nSPS) is 14.6. The molecule has 0 aliphatic carbocycles. The highest BCUT2D eigenvalue weighted by atomic mass is 16.4. The van der Waals surface area contributed by atoms with Gasteiger partial charge in [0, 0.05) is 0 Å². The molecule has 0 aromatic heterocycles. The van der Waals surface area contributed by atoms with Gasteiger partial charge in [-0.15, -0.1) is 0 Å². The van der Waals surface area contributed by atoms with Crippen LogP contribution in [-0.4, -0.2) is 11.1 Å². The van der Waals surface area contributed by atoms with Crippen molar-refractivity contribution in [2.45, 2.75) is 39.0 Å². The van der Waals surface area contributed by atoms with Crippen molar-refractivity contribution in [2.75, 3.05) is 0 Å². The van der Waals surface area contributed by atoms with E-state index in [9.17, 15) is 4.79 Å². The zero-order valence-corrected chi connectivity index (χ0v) is 9.53. The van der Waals surface area contributed by atoms with E-state index in [1.54, 1.807) is 6.92 Å². The van der Waals surface area contributed by atoms with E-state index in [4.69, 9.17) is 5.11 Å². The number of rotatable bonds is 4. The van der Waals surface area contributed by atoms with Crippen LogP contribution in [0.5, 0.6) is 0 Å². The molecule has 0 heterocycles. The molecule has 2 atom stereocenters. The number of carbonyl (C=O) groups is 1. The van der Waals surface area contributed by atoms with Gasteiger partial charge >= 0.3 is 5.97 Å². The Morgan fingerprint density at radius 1 is 1.27 bits per heavy atom. The highest BCUT2D eigenvalue weighted by molar-refractivity contribution is 5.76. The maximum absolute atomic E-state index is 11.0. The fourth-order valence-corrected chi connectivity index (χ4v) is 1.71. The molecule has 0 radical (unpaired) electrons. The monoisotopic (exact) mass is 206 g/mol. The summed E-state index contributed by atoms with van der Waals surface area (Å²) < 4.78 is 0. The third-order valence-electron chi connectivity index (χ3n) is 2.98. The molecular weight excluding hydrogens is 188 g/mol. The Bertz CT molecular complexity index is 344. The van der Waals surface area contributed by atoms with Gasteiger partial charge in [0.25, 0.3) is 0 Å².